The Bertz CT molecular complexity index is 536. The molecule has 0 aromatic carbocycles. The van der Waals surface area contributed by atoms with Gasteiger partial charge in [0.25, 0.3) is 0 Å². The van der Waals surface area contributed by atoms with Gasteiger partial charge in [0.1, 0.15) is 0 Å². The second-order valence-corrected chi connectivity index (χ2v) is 5.64. The highest BCUT2D eigenvalue weighted by atomic mass is 16.5. The van der Waals surface area contributed by atoms with Gasteiger partial charge in [-0.2, -0.15) is 0 Å². The minimum atomic E-state index is -0.417. The van der Waals surface area contributed by atoms with Crippen molar-refractivity contribution in [2.45, 2.75) is 45.9 Å². The van der Waals surface area contributed by atoms with Gasteiger partial charge in [0.15, 0.2) is 5.75 Å². The van der Waals surface area contributed by atoms with E-state index < -0.39 is 5.43 Å². The van der Waals surface area contributed by atoms with Gasteiger partial charge >= 0.3 is 0 Å². The standard InChI is InChI=1S/C16H26N2O4/c1-2-22-9-5-8-18-13(12-19)10-15(20)16(21)14(18)11-17-6-3-4-7-17/h10,19,21H,2-9,11-12H2,1H3. The van der Waals surface area contributed by atoms with Gasteiger partial charge in [-0.15, -0.1) is 0 Å². The summed E-state index contributed by atoms with van der Waals surface area (Å²) in [5.74, 6) is -0.194. The van der Waals surface area contributed by atoms with E-state index in [-0.39, 0.29) is 12.4 Å². The molecular formula is C16H26N2O4. The number of aromatic nitrogens is 1. The number of aliphatic hydroxyl groups is 1. The van der Waals surface area contributed by atoms with E-state index in [1.165, 1.54) is 6.07 Å². The van der Waals surface area contributed by atoms with Gasteiger partial charge in [0.05, 0.1) is 12.3 Å². The number of aromatic hydroxyl groups is 1. The highest BCUT2D eigenvalue weighted by Crippen LogP contribution is 2.20. The topological polar surface area (TPSA) is 74.9 Å². The zero-order valence-electron chi connectivity index (χ0n) is 13.3. The van der Waals surface area contributed by atoms with E-state index in [4.69, 9.17) is 4.74 Å². The Kier molecular flexibility index (Phi) is 6.42. The number of aliphatic hydroxyl groups excluding tert-OH is 1. The average molecular weight is 310 g/mol. The molecule has 2 heterocycles. The summed E-state index contributed by atoms with van der Waals surface area (Å²) in [6.07, 6.45) is 3.07. The maximum absolute atomic E-state index is 11.9. The molecule has 6 heteroatoms. The van der Waals surface area contributed by atoms with Crippen molar-refractivity contribution < 1.29 is 14.9 Å². The fourth-order valence-electron chi connectivity index (χ4n) is 2.93. The molecule has 1 aliphatic rings. The number of ether oxygens (including phenoxy) is 1. The lowest BCUT2D eigenvalue weighted by atomic mass is 10.2. The molecular weight excluding hydrogens is 284 g/mol. The van der Waals surface area contributed by atoms with Crippen LogP contribution in [0.2, 0.25) is 0 Å². The molecule has 0 amide bonds. The molecule has 0 aliphatic carbocycles. The van der Waals surface area contributed by atoms with Crippen LogP contribution in [0.25, 0.3) is 0 Å². The van der Waals surface area contributed by atoms with Crippen LogP contribution in [0.1, 0.15) is 37.6 Å². The Hall–Kier alpha value is -1.37. The van der Waals surface area contributed by atoms with Gasteiger partial charge in [-0.05, 0) is 39.3 Å². The SMILES string of the molecule is CCOCCCn1c(CO)cc(=O)c(O)c1CN1CCCC1. The number of hydrogen-bond donors (Lipinski definition) is 2. The molecule has 0 radical (unpaired) electrons. The fraction of sp³-hybridized carbons (Fsp3) is 0.688. The van der Waals surface area contributed by atoms with E-state index in [2.05, 4.69) is 4.90 Å². The highest BCUT2D eigenvalue weighted by molar-refractivity contribution is 5.30. The Morgan fingerprint density at radius 1 is 1.32 bits per heavy atom. The van der Waals surface area contributed by atoms with Crippen LogP contribution in [0.4, 0.5) is 0 Å². The van der Waals surface area contributed by atoms with Crippen molar-refractivity contribution in [1.29, 1.82) is 0 Å². The number of likely N-dealkylation sites (tertiary alicyclic amines) is 1. The monoisotopic (exact) mass is 310 g/mol. The van der Waals surface area contributed by atoms with E-state index in [1.54, 1.807) is 0 Å². The molecule has 2 rings (SSSR count). The molecule has 124 valence electrons. The third-order valence-corrected chi connectivity index (χ3v) is 4.09. The first kappa shape index (κ1) is 17.0. The number of nitrogens with zero attached hydrogens (tertiary/aromatic N) is 2. The normalized spacial score (nSPS) is 15.5. The highest BCUT2D eigenvalue weighted by Gasteiger charge is 2.19. The minimum absolute atomic E-state index is 0.194. The Morgan fingerprint density at radius 2 is 2.05 bits per heavy atom. The van der Waals surface area contributed by atoms with Crippen molar-refractivity contribution in [1.82, 2.24) is 9.47 Å². The summed E-state index contributed by atoms with van der Waals surface area (Å²) >= 11 is 0. The van der Waals surface area contributed by atoms with E-state index in [1.807, 2.05) is 11.5 Å². The largest absolute Gasteiger partial charge is 0.503 e. The molecule has 0 unspecified atom stereocenters. The van der Waals surface area contributed by atoms with E-state index in [9.17, 15) is 15.0 Å². The quantitative estimate of drug-likeness (QED) is 0.703. The van der Waals surface area contributed by atoms with Crippen LogP contribution in [0.15, 0.2) is 10.9 Å². The first-order valence-corrected chi connectivity index (χ1v) is 8.02. The van der Waals surface area contributed by atoms with Crippen LogP contribution in [-0.4, -0.2) is 46.0 Å². The summed E-state index contributed by atoms with van der Waals surface area (Å²) in [7, 11) is 0. The maximum atomic E-state index is 11.9. The van der Waals surface area contributed by atoms with Crippen molar-refractivity contribution in [2.75, 3.05) is 26.3 Å². The molecule has 1 aromatic heterocycles. The van der Waals surface area contributed by atoms with Crippen molar-refractivity contribution >= 4 is 0 Å². The van der Waals surface area contributed by atoms with E-state index in [0.717, 1.165) is 32.4 Å². The molecule has 1 aromatic rings. The Morgan fingerprint density at radius 3 is 2.68 bits per heavy atom. The van der Waals surface area contributed by atoms with Crippen molar-refractivity contribution in [2.24, 2.45) is 0 Å². The van der Waals surface area contributed by atoms with Gasteiger partial charge in [-0.1, -0.05) is 0 Å². The number of pyridine rings is 1. The van der Waals surface area contributed by atoms with Crippen LogP contribution < -0.4 is 5.43 Å². The second-order valence-electron chi connectivity index (χ2n) is 5.64. The smallest absolute Gasteiger partial charge is 0.223 e. The maximum Gasteiger partial charge on any atom is 0.223 e. The lowest BCUT2D eigenvalue weighted by molar-refractivity contribution is 0.140. The van der Waals surface area contributed by atoms with Crippen molar-refractivity contribution in [3.05, 3.63) is 27.7 Å². The predicted molar refractivity (Wildman–Crippen MR) is 83.9 cm³/mol. The molecule has 1 aliphatic heterocycles. The van der Waals surface area contributed by atoms with Crippen molar-refractivity contribution in [3.63, 3.8) is 0 Å². The van der Waals surface area contributed by atoms with Gasteiger partial charge in [0.2, 0.25) is 5.43 Å². The van der Waals surface area contributed by atoms with Crippen LogP contribution in [0.5, 0.6) is 5.75 Å². The molecule has 2 N–H and O–H groups in total. The Balaban J connectivity index is 2.25. The van der Waals surface area contributed by atoms with Gasteiger partial charge < -0.3 is 19.5 Å². The average Bonchev–Trinajstić information content (AvgIpc) is 3.02. The third-order valence-electron chi connectivity index (χ3n) is 4.09. The summed E-state index contributed by atoms with van der Waals surface area (Å²) in [6.45, 7) is 6.16. The Labute approximate surface area is 130 Å². The minimum Gasteiger partial charge on any atom is -0.503 e. The van der Waals surface area contributed by atoms with Crippen LogP contribution in [0, 0.1) is 0 Å². The van der Waals surface area contributed by atoms with Gasteiger partial charge in [-0.3, -0.25) is 9.69 Å². The zero-order valence-corrected chi connectivity index (χ0v) is 13.3. The molecule has 1 saturated heterocycles. The summed E-state index contributed by atoms with van der Waals surface area (Å²) in [4.78, 5) is 14.1. The summed E-state index contributed by atoms with van der Waals surface area (Å²) in [5, 5.41) is 19.7. The summed E-state index contributed by atoms with van der Waals surface area (Å²) < 4.78 is 7.21. The lowest BCUT2D eigenvalue weighted by Crippen LogP contribution is -2.26. The molecule has 0 spiro atoms. The third kappa shape index (κ3) is 4.09. The van der Waals surface area contributed by atoms with Gasteiger partial charge in [-0.25, -0.2) is 0 Å². The number of hydrogen-bond acceptors (Lipinski definition) is 5. The van der Waals surface area contributed by atoms with E-state index >= 15 is 0 Å². The summed E-state index contributed by atoms with van der Waals surface area (Å²) in [6, 6.07) is 1.32. The molecule has 0 saturated carbocycles. The number of rotatable bonds is 8. The summed E-state index contributed by atoms with van der Waals surface area (Å²) in [5.41, 5.74) is 0.739. The molecule has 0 atom stereocenters. The second kappa shape index (κ2) is 8.31. The molecule has 6 nitrogen and oxygen atoms in total. The van der Waals surface area contributed by atoms with Crippen molar-refractivity contribution in [3.8, 4) is 5.75 Å². The molecule has 0 bridgehead atoms. The first-order valence-electron chi connectivity index (χ1n) is 8.02. The van der Waals surface area contributed by atoms with Crippen LogP contribution in [0.3, 0.4) is 0 Å². The first-order chi connectivity index (χ1) is 10.7. The van der Waals surface area contributed by atoms with E-state index in [0.29, 0.717) is 37.7 Å². The zero-order chi connectivity index (χ0) is 15.9. The van der Waals surface area contributed by atoms with Gasteiger partial charge in [0, 0.05) is 38.1 Å². The van der Waals surface area contributed by atoms with Crippen LogP contribution in [-0.2, 0) is 24.4 Å². The lowest BCUT2D eigenvalue weighted by Gasteiger charge is -2.22. The van der Waals surface area contributed by atoms with Crippen LogP contribution >= 0.6 is 0 Å². The predicted octanol–water partition coefficient (Wildman–Crippen LogP) is 1.07. The fourth-order valence-corrected chi connectivity index (χ4v) is 2.93. The molecule has 22 heavy (non-hydrogen) atoms. The molecule has 1 fully saturated rings.